The SMILES string of the molecule is CC.CCCCCCOC(=O)C1CC(=O)N(CCCCC)C1. The number of esters is 1. The van der Waals surface area contributed by atoms with Gasteiger partial charge in [-0.1, -0.05) is 59.8 Å². The van der Waals surface area contributed by atoms with Crippen LogP contribution in [0.3, 0.4) is 0 Å². The van der Waals surface area contributed by atoms with Gasteiger partial charge in [-0.05, 0) is 12.8 Å². The predicted octanol–water partition coefficient (Wildman–Crippen LogP) is 4.17. The molecule has 1 atom stereocenters. The molecule has 0 aromatic rings. The number of hydrogen-bond acceptors (Lipinski definition) is 3. The standard InChI is InChI=1S/C16H29NO3.C2H6/c1-3-5-7-9-11-20-16(19)14-12-15(18)17(13-14)10-8-6-4-2;1-2/h14H,3-13H2,1-2H3;1-2H3. The van der Waals surface area contributed by atoms with Gasteiger partial charge in [0.15, 0.2) is 0 Å². The topological polar surface area (TPSA) is 46.6 Å². The van der Waals surface area contributed by atoms with Crippen LogP contribution in [0, 0.1) is 5.92 Å². The molecule has 0 aliphatic carbocycles. The maximum atomic E-state index is 11.9. The molecule has 0 aromatic heterocycles. The molecule has 1 unspecified atom stereocenters. The van der Waals surface area contributed by atoms with Gasteiger partial charge in [0.25, 0.3) is 0 Å². The van der Waals surface area contributed by atoms with Crippen molar-refractivity contribution in [2.24, 2.45) is 5.92 Å². The fraction of sp³-hybridized carbons (Fsp3) is 0.889. The molecule has 1 fully saturated rings. The Bertz CT molecular complexity index is 305. The van der Waals surface area contributed by atoms with Crippen LogP contribution in [0.25, 0.3) is 0 Å². The molecule has 0 saturated carbocycles. The largest absolute Gasteiger partial charge is 0.465 e. The van der Waals surface area contributed by atoms with Crippen molar-refractivity contribution >= 4 is 11.9 Å². The van der Waals surface area contributed by atoms with E-state index in [-0.39, 0.29) is 17.8 Å². The van der Waals surface area contributed by atoms with E-state index in [4.69, 9.17) is 4.74 Å². The second kappa shape index (κ2) is 13.6. The van der Waals surface area contributed by atoms with E-state index in [0.29, 0.717) is 19.6 Å². The number of rotatable bonds is 10. The van der Waals surface area contributed by atoms with E-state index in [1.54, 1.807) is 0 Å². The Morgan fingerprint density at radius 2 is 1.73 bits per heavy atom. The van der Waals surface area contributed by atoms with E-state index in [1.807, 2.05) is 18.7 Å². The molecule has 0 aromatic carbocycles. The van der Waals surface area contributed by atoms with Crippen molar-refractivity contribution in [3.63, 3.8) is 0 Å². The number of likely N-dealkylation sites (tertiary alicyclic amines) is 1. The first kappa shape index (κ1) is 20.9. The number of unbranched alkanes of at least 4 members (excludes halogenated alkanes) is 5. The second-order valence-corrected chi connectivity index (χ2v) is 5.68. The summed E-state index contributed by atoms with van der Waals surface area (Å²) in [5, 5.41) is 0. The first-order valence-corrected chi connectivity index (χ1v) is 9.13. The summed E-state index contributed by atoms with van der Waals surface area (Å²) < 4.78 is 5.28. The van der Waals surface area contributed by atoms with Crippen LogP contribution in [0.4, 0.5) is 0 Å². The van der Waals surface area contributed by atoms with Gasteiger partial charge in [-0.15, -0.1) is 0 Å². The molecule has 0 spiro atoms. The molecular formula is C18H35NO3. The summed E-state index contributed by atoms with van der Waals surface area (Å²) in [6.07, 6.45) is 8.04. The molecule has 0 N–H and O–H groups in total. The zero-order valence-electron chi connectivity index (χ0n) is 15.0. The van der Waals surface area contributed by atoms with Gasteiger partial charge < -0.3 is 9.64 Å². The molecule has 0 bridgehead atoms. The lowest BCUT2D eigenvalue weighted by molar-refractivity contribution is -0.148. The summed E-state index contributed by atoms with van der Waals surface area (Å²) >= 11 is 0. The van der Waals surface area contributed by atoms with Crippen LogP contribution >= 0.6 is 0 Å². The van der Waals surface area contributed by atoms with Crippen LogP contribution in [-0.2, 0) is 14.3 Å². The zero-order valence-corrected chi connectivity index (χ0v) is 15.0. The lowest BCUT2D eigenvalue weighted by Gasteiger charge is -2.16. The van der Waals surface area contributed by atoms with E-state index >= 15 is 0 Å². The number of amides is 1. The minimum absolute atomic E-state index is 0.106. The Labute approximate surface area is 136 Å². The van der Waals surface area contributed by atoms with Gasteiger partial charge in [0, 0.05) is 19.5 Å². The Hall–Kier alpha value is -1.06. The van der Waals surface area contributed by atoms with Crippen LogP contribution in [0.5, 0.6) is 0 Å². The zero-order chi connectivity index (χ0) is 16.8. The van der Waals surface area contributed by atoms with Crippen molar-refractivity contribution in [1.29, 1.82) is 0 Å². The molecule has 1 aliphatic heterocycles. The smallest absolute Gasteiger partial charge is 0.311 e. The average Bonchev–Trinajstić information content (AvgIpc) is 2.90. The first-order valence-electron chi connectivity index (χ1n) is 9.13. The van der Waals surface area contributed by atoms with Gasteiger partial charge in [0.2, 0.25) is 5.91 Å². The Morgan fingerprint density at radius 3 is 2.36 bits per heavy atom. The van der Waals surface area contributed by atoms with Crippen LogP contribution in [0.2, 0.25) is 0 Å². The number of hydrogen-bond donors (Lipinski definition) is 0. The maximum absolute atomic E-state index is 11.9. The minimum atomic E-state index is -0.240. The summed E-state index contributed by atoms with van der Waals surface area (Å²) in [5.74, 6) is -0.322. The van der Waals surface area contributed by atoms with Crippen molar-refractivity contribution < 1.29 is 14.3 Å². The lowest BCUT2D eigenvalue weighted by atomic mass is 10.1. The number of carbonyl (C=O) groups excluding carboxylic acids is 2. The first-order chi connectivity index (χ1) is 10.7. The third-order valence-corrected chi connectivity index (χ3v) is 3.82. The fourth-order valence-corrected chi connectivity index (χ4v) is 2.52. The highest BCUT2D eigenvalue weighted by molar-refractivity contribution is 5.86. The van der Waals surface area contributed by atoms with Gasteiger partial charge in [-0.25, -0.2) is 0 Å². The molecule has 4 heteroatoms. The van der Waals surface area contributed by atoms with Gasteiger partial charge in [-0.3, -0.25) is 9.59 Å². The quantitative estimate of drug-likeness (QED) is 0.449. The van der Waals surface area contributed by atoms with Crippen LogP contribution in [0.1, 0.15) is 79.1 Å². The number of nitrogens with zero attached hydrogens (tertiary/aromatic N) is 1. The van der Waals surface area contributed by atoms with Crippen molar-refractivity contribution in [2.45, 2.75) is 79.1 Å². The van der Waals surface area contributed by atoms with Crippen molar-refractivity contribution in [2.75, 3.05) is 19.7 Å². The number of ether oxygens (including phenoxy) is 1. The van der Waals surface area contributed by atoms with Crippen molar-refractivity contribution in [1.82, 2.24) is 4.90 Å². The third kappa shape index (κ3) is 8.40. The van der Waals surface area contributed by atoms with Gasteiger partial charge in [0.05, 0.1) is 12.5 Å². The molecule has 0 radical (unpaired) electrons. The van der Waals surface area contributed by atoms with Crippen LogP contribution in [0.15, 0.2) is 0 Å². The Morgan fingerprint density at radius 1 is 1.09 bits per heavy atom. The van der Waals surface area contributed by atoms with E-state index in [1.165, 1.54) is 12.8 Å². The fourth-order valence-electron chi connectivity index (χ4n) is 2.52. The van der Waals surface area contributed by atoms with E-state index in [2.05, 4.69) is 13.8 Å². The molecule has 1 rings (SSSR count). The summed E-state index contributed by atoms with van der Waals surface area (Å²) in [4.78, 5) is 25.5. The Balaban J connectivity index is 0.00000211. The molecule has 1 aliphatic rings. The van der Waals surface area contributed by atoms with Gasteiger partial charge in [-0.2, -0.15) is 0 Å². The van der Waals surface area contributed by atoms with E-state index in [0.717, 1.165) is 38.6 Å². The van der Waals surface area contributed by atoms with E-state index in [9.17, 15) is 9.59 Å². The van der Waals surface area contributed by atoms with Gasteiger partial charge >= 0.3 is 5.97 Å². The van der Waals surface area contributed by atoms with Crippen LogP contribution in [-0.4, -0.2) is 36.5 Å². The summed E-state index contributed by atoms with van der Waals surface area (Å²) in [5.41, 5.74) is 0. The molecule has 1 amide bonds. The Kier molecular flexibility index (Phi) is 12.9. The lowest BCUT2D eigenvalue weighted by Crippen LogP contribution is -2.27. The predicted molar refractivity (Wildman–Crippen MR) is 90.7 cm³/mol. The minimum Gasteiger partial charge on any atom is -0.465 e. The van der Waals surface area contributed by atoms with Crippen molar-refractivity contribution in [3.8, 4) is 0 Å². The normalized spacial score (nSPS) is 17.2. The third-order valence-electron chi connectivity index (χ3n) is 3.82. The average molecular weight is 313 g/mol. The molecule has 4 nitrogen and oxygen atoms in total. The highest BCUT2D eigenvalue weighted by Crippen LogP contribution is 2.20. The summed E-state index contributed by atoms with van der Waals surface area (Å²) in [6.45, 7) is 10.1. The maximum Gasteiger partial charge on any atom is 0.311 e. The molecule has 1 heterocycles. The van der Waals surface area contributed by atoms with Crippen molar-refractivity contribution in [3.05, 3.63) is 0 Å². The molecule has 1 saturated heterocycles. The highest BCUT2D eigenvalue weighted by atomic mass is 16.5. The summed E-state index contributed by atoms with van der Waals surface area (Å²) in [6, 6.07) is 0. The molecular weight excluding hydrogens is 278 g/mol. The monoisotopic (exact) mass is 313 g/mol. The van der Waals surface area contributed by atoms with Crippen LogP contribution < -0.4 is 0 Å². The van der Waals surface area contributed by atoms with E-state index < -0.39 is 0 Å². The highest BCUT2D eigenvalue weighted by Gasteiger charge is 2.34. The summed E-state index contributed by atoms with van der Waals surface area (Å²) in [7, 11) is 0. The second-order valence-electron chi connectivity index (χ2n) is 5.68. The van der Waals surface area contributed by atoms with Gasteiger partial charge in [0.1, 0.15) is 0 Å². The number of carbonyl (C=O) groups is 2. The molecule has 130 valence electrons. The molecule has 22 heavy (non-hydrogen) atoms.